The summed E-state index contributed by atoms with van der Waals surface area (Å²) in [5.41, 5.74) is 3.61. The molecule has 0 bridgehead atoms. The highest BCUT2D eigenvalue weighted by molar-refractivity contribution is 6.61. The maximum atomic E-state index is 12.6. The predicted molar refractivity (Wildman–Crippen MR) is 100 cm³/mol. The van der Waals surface area contributed by atoms with E-state index in [0.717, 1.165) is 16.8 Å². The molecule has 8 heteroatoms. The molecular weight excluding hydrogens is 374 g/mol. The molecule has 26 heavy (non-hydrogen) atoms. The van der Waals surface area contributed by atoms with Gasteiger partial charge < -0.3 is 9.68 Å². The standard InChI is InChI=1S/C18H13BCl2N2O3/c20-13-8-22-23(9-13)14-3-4-15(17(21)7-14)18(24)6-11-1-2-12-10-26-19(25)16(12)5-11/h1-5,7-9,25H,6,10H2. The summed E-state index contributed by atoms with van der Waals surface area (Å²) in [5, 5.41) is 14.8. The highest BCUT2D eigenvalue weighted by Crippen LogP contribution is 2.23. The van der Waals surface area contributed by atoms with E-state index in [1.165, 1.54) is 6.20 Å². The van der Waals surface area contributed by atoms with Crippen LogP contribution in [0.3, 0.4) is 0 Å². The van der Waals surface area contributed by atoms with Gasteiger partial charge in [-0.1, -0.05) is 41.4 Å². The van der Waals surface area contributed by atoms with Crippen LogP contribution in [-0.4, -0.2) is 27.7 Å². The molecule has 3 aromatic rings. The van der Waals surface area contributed by atoms with Crippen molar-refractivity contribution in [1.29, 1.82) is 0 Å². The first-order valence-electron chi connectivity index (χ1n) is 7.96. The quantitative estimate of drug-likeness (QED) is 0.553. The van der Waals surface area contributed by atoms with Gasteiger partial charge in [-0.2, -0.15) is 5.10 Å². The number of halogens is 2. The molecule has 0 aliphatic carbocycles. The number of benzene rings is 2. The second-order valence-electron chi connectivity index (χ2n) is 6.06. The van der Waals surface area contributed by atoms with Gasteiger partial charge in [-0.15, -0.1) is 0 Å². The van der Waals surface area contributed by atoms with Crippen LogP contribution in [0.25, 0.3) is 5.69 Å². The molecule has 130 valence electrons. The molecule has 0 amide bonds. The van der Waals surface area contributed by atoms with Gasteiger partial charge in [0.2, 0.25) is 0 Å². The Hall–Kier alpha value is -2.12. The lowest BCUT2D eigenvalue weighted by atomic mass is 9.78. The molecule has 2 heterocycles. The maximum Gasteiger partial charge on any atom is 0.491 e. The molecule has 0 atom stereocenters. The lowest BCUT2D eigenvalue weighted by Crippen LogP contribution is -2.28. The molecule has 0 spiro atoms. The van der Waals surface area contributed by atoms with Gasteiger partial charge in [0.1, 0.15) is 0 Å². The van der Waals surface area contributed by atoms with E-state index in [4.69, 9.17) is 27.9 Å². The van der Waals surface area contributed by atoms with E-state index in [1.54, 1.807) is 35.1 Å². The number of aromatic nitrogens is 2. The third-order valence-electron chi connectivity index (χ3n) is 4.31. The fourth-order valence-electron chi connectivity index (χ4n) is 2.97. The monoisotopic (exact) mass is 386 g/mol. The van der Waals surface area contributed by atoms with Crippen molar-refractivity contribution in [2.75, 3.05) is 0 Å². The number of nitrogens with zero attached hydrogens (tertiary/aromatic N) is 2. The number of fused-ring (bicyclic) bond motifs is 1. The molecule has 1 aliphatic rings. The molecule has 0 saturated carbocycles. The Morgan fingerprint density at radius 1 is 1.27 bits per heavy atom. The highest BCUT2D eigenvalue weighted by atomic mass is 35.5. The molecule has 2 aromatic carbocycles. The Kier molecular flexibility index (Phi) is 4.59. The fourth-order valence-corrected chi connectivity index (χ4v) is 3.39. The first-order valence-corrected chi connectivity index (χ1v) is 8.71. The smallest absolute Gasteiger partial charge is 0.423 e. The maximum absolute atomic E-state index is 12.6. The summed E-state index contributed by atoms with van der Waals surface area (Å²) >= 11 is 12.2. The third-order valence-corrected chi connectivity index (χ3v) is 4.81. The van der Waals surface area contributed by atoms with Crippen molar-refractivity contribution in [1.82, 2.24) is 9.78 Å². The average molecular weight is 387 g/mol. The Morgan fingerprint density at radius 3 is 2.85 bits per heavy atom. The molecule has 0 fully saturated rings. The Morgan fingerprint density at radius 2 is 2.12 bits per heavy atom. The first-order chi connectivity index (χ1) is 12.5. The minimum absolute atomic E-state index is 0.103. The minimum atomic E-state index is -0.927. The van der Waals surface area contributed by atoms with Crippen molar-refractivity contribution >= 4 is 41.6 Å². The van der Waals surface area contributed by atoms with Crippen molar-refractivity contribution in [2.24, 2.45) is 0 Å². The second-order valence-corrected chi connectivity index (χ2v) is 6.91. The lowest BCUT2D eigenvalue weighted by molar-refractivity contribution is 0.0993. The normalized spacial score (nSPS) is 13.1. The van der Waals surface area contributed by atoms with E-state index in [1.807, 2.05) is 12.1 Å². The number of hydrogen-bond acceptors (Lipinski definition) is 4. The topological polar surface area (TPSA) is 64.3 Å². The van der Waals surface area contributed by atoms with Crippen molar-refractivity contribution in [3.63, 3.8) is 0 Å². The van der Waals surface area contributed by atoms with Gasteiger partial charge in [0, 0.05) is 18.2 Å². The summed E-state index contributed by atoms with van der Waals surface area (Å²) < 4.78 is 6.76. The summed E-state index contributed by atoms with van der Waals surface area (Å²) in [6, 6.07) is 10.7. The van der Waals surface area contributed by atoms with Gasteiger partial charge >= 0.3 is 7.12 Å². The summed E-state index contributed by atoms with van der Waals surface area (Å²) in [6.07, 6.45) is 3.37. The SMILES string of the molecule is O=C(Cc1ccc2c(c1)B(O)OC2)c1ccc(-n2cc(Cl)cn2)cc1Cl. The highest BCUT2D eigenvalue weighted by Gasteiger charge is 2.27. The van der Waals surface area contributed by atoms with Crippen LogP contribution in [-0.2, 0) is 17.7 Å². The van der Waals surface area contributed by atoms with Crippen molar-refractivity contribution in [3.8, 4) is 5.69 Å². The van der Waals surface area contributed by atoms with Gasteiger partial charge in [0.25, 0.3) is 0 Å². The van der Waals surface area contributed by atoms with E-state index >= 15 is 0 Å². The van der Waals surface area contributed by atoms with Gasteiger partial charge in [-0.05, 0) is 34.8 Å². The van der Waals surface area contributed by atoms with Gasteiger partial charge in [-0.25, -0.2) is 4.68 Å². The Bertz CT molecular complexity index is 1010. The van der Waals surface area contributed by atoms with Crippen LogP contribution in [0.2, 0.25) is 10.0 Å². The minimum Gasteiger partial charge on any atom is -0.423 e. The Labute approximate surface area is 160 Å². The molecule has 1 aromatic heterocycles. The largest absolute Gasteiger partial charge is 0.491 e. The van der Waals surface area contributed by atoms with Crippen molar-refractivity contribution in [3.05, 3.63) is 75.5 Å². The van der Waals surface area contributed by atoms with E-state index in [0.29, 0.717) is 27.7 Å². The average Bonchev–Trinajstić information content (AvgIpc) is 3.21. The number of rotatable bonds is 4. The van der Waals surface area contributed by atoms with E-state index in [9.17, 15) is 9.82 Å². The molecule has 1 aliphatic heterocycles. The molecular formula is C18H13BCl2N2O3. The number of ketones is 1. The number of hydrogen-bond donors (Lipinski definition) is 1. The van der Waals surface area contributed by atoms with Crippen LogP contribution in [0.4, 0.5) is 0 Å². The summed E-state index contributed by atoms with van der Waals surface area (Å²) in [6.45, 7) is 0.384. The number of carbonyl (C=O) groups excluding carboxylic acids is 1. The zero-order valence-electron chi connectivity index (χ0n) is 13.5. The van der Waals surface area contributed by atoms with E-state index < -0.39 is 7.12 Å². The summed E-state index contributed by atoms with van der Waals surface area (Å²) in [5.74, 6) is -0.103. The van der Waals surface area contributed by atoms with Crippen LogP contribution < -0.4 is 5.46 Å². The first kappa shape index (κ1) is 17.3. The second kappa shape index (κ2) is 6.89. The molecule has 0 saturated heterocycles. The number of carbonyl (C=O) groups is 1. The van der Waals surface area contributed by atoms with Crippen LogP contribution in [0.1, 0.15) is 21.5 Å². The molecule has 5 nitrogen and oxygen atoms in total. The lowest BCUT2D eigenvalue weighted by Gasteiger charge is -2.08. The van der Waals surface area contributed by atoms with Crippen molar-refractivity contribution in [2.45, 2.75) is 13.0 Å². The molecule has 0 radical (unpaired) electrons. The van der Waals surface area contributed by atoms with Crippen LogP contribution in [0, 0.1) is 0 Å². The van der Waals surface area contributed by atoms with Crippen LogP contribution in [0.5, 0.6) is 0 Å². The van der Waals surface area contributed by atoms with E-state index in [-0.39, 0.29) is 12.2 Å². The number of Topliss-reactive ketones (excluding diaryl/α,β-unsaturated/α-hetero) is 1. The molecule has 1 N–H and O–H groups in total. The molecule has 0 unspecified atom stereocenters. The van der Waals surface area contributed by atoms with Crippen LogP contribution in [0.15, 0.2) is 48.8 Å². The van der Waals surface area contributed by atoms with Gasteiger partial charge in [0.15, 0.2) is 5.78 Å². The molecule has 4 rings (SSSR count). The fraction of sp³-hybridized carbons (Fsp3) is 0.111. The third kappa shape index (κ3) is 3.29. The Balaban J connectivity index is 1.56. The van der Waals surface area contributed by atoms with Crippen LogP contribution >= 0.6 is 23.2 Å². The predicted octanol–water partition coefficient (Wildman–Crippen LogP) is 2.82. The van der Waals surface area contributed by atoms with Crippen molar-refractivity contribution < 1.29 is 14.5 Å². The zero-order valence-corrected chi connectivity index (χ0v) is 15.0. The van der Waals surface area contributed by atoms with Gasteiger partial charge in [0.05, 0.1) is 28.5 Å². The van der Waals surface area contributed by atoms with Gasteiger partial charge in [-0.3, -0.25) is 4.79 Å². The summed E-state index contributed by atoms with van der Waals surface area (Å²) in [7, 11) is -0.927. The summed E-state index contributed by atoms with van der Waals surface area (Å²) in [4.78, 5) is 12.6. The zero-order chi connectivity index (χ0) is 18.3. The van der Waals surface area contributed by atoms with E-state index in [2.05, 4.69) is 5.10 Å².